The molecular formula is C36H30N8O5S2. The van der Waals surface area contributed by atoms with Crippen molar-refractivity contribution in [1.29, 1.82) is 0 Å². The van der Waals surface area contributed by atoms with Crippen molar-refractivity contribution in [3.05, 3.63) is 107 Å². The van der Waals surface area contributed by atoms with Crippen molar-refractivity contribution in [2.75, 3.05) is 23.4 Å². The van der Waals surface area contributed by atoms with E-state index in [0.29, 0.717) is 48.4 Å². The van der Waals surface area contributed by atoms with E-state index in [0.717, 1.165) is 61.5 Å². The lowest BCUT2D eigenvalue weighted by atomic mass is 9.94. The number of hydrogen-bond acceptors (Lipinski definition) is 12. The molecule has 1 amide bonds. The second-order valence-corrected chi connectivity index (χ2v) is 13.9. The molecule has 0 fully saturated rings. The Morgan fingerprint density at radius 1 is 0.961 bits per heavy atom. The molecule has 2 N–H and O–H groups in total. The Labute approximate surface area is 299 Å². The number of aryl methyl sites for hydroxylation is 1. The standard InChI is InChI=1S/C36H30N8O5S2/c45-32(41-34-40-28-8-1-2-9-29(28)50-34)26-7-5-6-22-15-16-43(20-27(22)26)35-42-33(49-36(46)47)30(51-35)10-3-4-17-48-25-13-11-24(12-14-25)44-31-23(19-39-44)18-37-21-38-31/h1-2,5-9,11-14,18-19,21H,3-4,10,15-17,20H2,(H,46,47)(H,40,41,45). The Morgan fingerprint density at radius 2 is 1.84 bits per heavy atom. The zero-order valence-corrected chi connectivity index (χ0v) is 28.7. The van der Waals surface area contributed by atoms with Crippen LogP contribution < -0.4 is 19.7 Å². The highest BCUT2D eigenvalue weighted by Gasteiger charge is 2.26. The number of carbonyl (C=O) groups is 2. The summed E-state index contributed by atoms with van der Waals surface area (Å²) in [5, 5.41) is 18.9. The maximum absolute atomic E-state index is 13.5. The van der Waals surface area contributed by atoms with Gasteiger partial charge in [-0.25, -0.2) is 24.4 Å². The number of ether oxygens (including phenoxy) is 2. The smallest absolute Gasteiger partial charge is 0.494 e. The normalized spacial score (nSPS) is 12.6. The van der Waals surface area contributed by atoms with Gasteiger partial charge < -0.3 is 19.5 Å². The first-order chi connectivity index (χ1) is 25.0. The van der Waals surface area contributed by atoms with Gasteiger partial charge in [-0.05, 0) is 79.3 Å². The van der Waals surface area contributed by atoms with E-state index in [9.17, 15) is 14.7 Å². The molecule has 0 unspecified atom stereocenters. The zero-order chi connectivity index (χ0) is 34.7. The van der Waals surface area contributed by atoms with Gasteiger partial charge in [0.25, 0.3) is 5.91 Å². The number of hydrogen-bond donors (Lipinski definition) is 2. The predicted molar refractivity (Wildman–Crippen MR) is 195 cm³/mol. The Kier molecular flexibility index (Phi) is 8.94. The molecule has 8 rings (SSSR count). The highest BCUT2D eigenvalue weighted by molar-refractivity contribution is 7.22. The van der Waals surface area contributed by atoms with Gasteiger partial charge in [0, 0.05) is 24.8 Å². The van der Waals surface area contributed by atoms with Crippen molar-refractivity contribution in [3.63, 3.8) is 0 Å². The van der Waals surface area contributed by atoms with Crippen LogP contribution >= 0.6 is 22.7 Å². The molecule has 15 heteroatoms. The summed E-state index contributed by atoms with van der Waals surface area (Å²) in [6.07, 6.45) is 6.33. The highest BCUT2D eigenvalue weighted by atomic mass is 32.1. The van der Waals surface area contributed by atoms with Crippen molar-refractivity contribution in [2.24, 2.45) is 0 Å². The summed E-state index contributed by atoms with van der Waals surface area (Å²) < 4.78 is 13.8. The third-order valence-corrected chi connectivity index (χ3v) is 10.6. The first-order valence-corrected chi connectivity index (χ1v) is 17.9. The van der Waals surface area contributed by atoms with Crippen molar-refractivity contribution >= 4 is 66.2 Å². The number of rotatable bonds is 11. The molecule has 0 saturated heterocycles. The van der Waals surface area contributed by atoms with Gasteiger partial charge in [0.15, 0.2) is 15.9 Å². The molecule has 1 aliphatic rings. The lowest BCUT2D eigenvalue weighted by Gasteiger charge is -2.29. The van der Waals surface area contributed by atoms with Gasteiger partial charge >= 0.3 is 6.16 Å². The van der Waals surface area contributed by atoms with E-state index in [1.807, 2.05) is 66.7 Å². The molecule has 5 heterocycles. The van der Waals surface area contributed by atoms with Crippen LogP contribution in [0.2, 0.25) is 0 Å². The number of unbranched alkanes of at least 4 members (excludes halogenated alkanes) is 1. The number of thiazole rings is 2. The van der Waals surface area contributed by atoms with Crippen LogP contribution in [-0.4, -0.2) is 60.0 Å². The van der Waals surface area contributed by atoms with E-state index >= 15 is 0 Å². The fraction of sp³-hybridized carbons (Fsp3) is 0.194. The van der Waals surface area contributed by atoms with Crippen LogP contribution in [0.1, 0.15) is 39.2 Å². The van der Waals surface area contributed by atoms with E-state index in [2.05, 4.69) is 35.3 Å². The maximum Gasteiger partial charge on any atom is 0.512 e. The molecule has 13 nitrogen and oxygen atoms in total. The number of nitrogens with one attached hydrogen (secondary N) is 1. The quantitative estimate of drug-likeness (QED) is 0.103. The molecule has 7 aromatic rings. The lowest BCUT2D eigenvalue weighted by molar-refractivity contribution is 0.102. The molecule has 51 heavy (non-hydrogen) atoms. The third kappa shape index (κ3) is 6.93. The fourth-order valence-corrected chi connectivity index (χ4v) is 7.97. The number of benzene rings is 3. The van der Waals surface area contributed by atoms with Crippen molar-refractivity contribution in [2.45, 2.75) is 32.2 Å². The topological polar surface area (TPSA) is 157 Å². The molecule has 4 aromatic heterocycles. The van der Waals surface area contributed by atoms with Crippen LogP contribution in [0.4, 0.5) is 15.1 Å². The number of carboxylic acid groups (broad SMARTS) is 1. The van der Waals surface area contributed by atoms with Crippen molar-refractivity contribution in [3.8, 4) is 17.3 Å². The summed E-state index contributed by atoms with van der Waals surface area (Å²) in [6, 6.07) is 21.2. The molecule has 0 saturated carbocycles. The van der Waals surface area contributed by atoms with Gasteiger partial charge in [-0.3, -0.25) is 10.1 Å². The molecule has 0 atom stereocenters. The number of para-hydroxylation sites is 1. The summed E-state index contributed by atoms with van der Waals surface area (Å²) in [4.78, 5) is 45.3. The zero-order valence-electron chi connectivity index (χ0n) is 27.1. The van der Waals surface area contributed by atoms with Crippen molar-refractivity contribution in [1.82, 2.24) is 29.7 Å². The van der Waals surface area contributed by atoms with Crippen LogP contribution in [0.3, 0.4) is 0 Å². The number of fused-ring (bicyclic) bond motifs is 3. The lowest BCUT2D eigenvalue weighted by Crippen LogP contribution is -2.32. The molecule has 256 valence electrons. The molecule has 1 aliphatic heterocycles. The number of anilines is 2. The molecule has 0 bridgehead atoms. The van der Waals surface area contributed by atoms with E-state index in [4.69, 9.17) is 9.47 Å². The molecular weight excluding hydrogens is 689 g/mol. The minimum absolute atomic E-state index is 0.100. The van der Waals surface area contributed by atoms with Crippen LogP contribution in [0.5, 0.6) is 11.6 Å². The van der Waals surface area contributed by atoms with Crippen LogP contribution in [-0.2, 0) is 19.4 Å². The number of amides is 1. The van der Waals surface area contributed by atoms with Gasteiger partial charge in [-0.2, -0.15) is 10.1 Å². The summed E-state index contributed by atoms with van der Waals surface area (Å²) in [5.41, 5.74) is 5.03. The Bertz CT molecular complexity index is 2340. The van der Waals surface area contributed by atoms with Gasteiger partial charge in [-0.15, -0.1) is 0 Å². The van der Waals surface area contributed by atoms with Crippen LogP contribution in [0.25, 0.3) is 26.9 Å². The van der Waals surface area contributed by atoms with E-state index < -0.39 is 6.16 Å². The van der Waals surface area contributed by atoms with Gasteiger partial charge in [0.2, 0.25) is 5.88 Å². The van der Waals surface area contributed by atoms with Gasteiger partial charge in [0.1, 0.15) is 12.1 Å². The summed E-state index contributed by atoms with van der Waals surface area (Å²) in [5.74, 6) is 0.614. The Hall–Kier alpha value is -5.93. The Balaban J connectivity index is 0.897. The largest absolute Gasteiger partial charge is 0.512 e. The van der Waals surface area contributed by atoms with E-state index in [-0.39, 0.29) is 11.8 Å². The second-order valence-electron chi connectivity index (χ2n) is 11.8. The van der Waals surface area contributed by atoms with E-state index in [1.165, 1.54) is 29.0 Å². The summed E-state index contributed by atoms with van der Waals surface area (Å²) in [6.45, 7) is 1.62. The fourth-order valence-electron chi connectivity index (χ4n) is 6.06. The summed E-state index contributed by atoms with van der Waals surface area (Å²) >= 11 is 2.85. The molecule has 3 aromatic carbocycles. The van der Waals surface area contributed by atoms with Gasteiger partial charge in [-0.1, -0.05) is 46.9 Å². The van der Waals surface area contributed by atoms with Crippen LogP contribution in [0, 0.1) is 0 Å². The number of aromatic nitrogens is 6. The molecule has 0 spiro atoms. The third-order valence-electron chi connectivity index (χ3n) is 8.52. The summed E-state index contributed by atoms with van der Waals surface area (Å²) in [7, 11) is 0. The average molecular weight is 719 g/mol. The molecule has 0 radical (unpaired) electrons. The van der Waals surface area contributed by atoms with Crippen LogP contribution in [0.15, 0.2) is 85.5 Å². The maximum atomic E-state index is 13.5. The predicted octanol–water partition coefficient (Wildman–Crippen LogP) is 7.16. The number of carbonyl (C=O) groups excluding carboxylic acids is 1. The SMILES string of the molecule is O=C(O)Oc1nc(N2CCc3cccc(C(=O)Nc4nc5ccccc5s4)c3C2)sc1CCCCOc1ccc(-n2ncc3cncnc32)cc1. The number of nitrogens with zero attached hydrogens (tertiary/aromatic N) is 7. The monoisotopic (exact) mass is 718 g/mol. The Morgan fingerprint density at radius 3 is 2.71 bits per heavy atom. The highest BCUT2D eigenvalue weighted by Crippen LogP contribution is 2.36. The average Bonchev–Trinajstić information content (AvgIpc) is 3.88. The van der Waals surface area contributed by atoms with E-state index in [1.54, 1.807) is 17.1 Å². The van der Waals surface area contributed by atoms with Crippen molar-refractivity contribution < 1.29 is 24.2 Å². The first-order valence-electron chi connectivity index (χ1n) is 16.3. The minimum Gasteiger partial charge on any atom is -0.494 e. The second kappa shape index (κ2) is 14.1. The van der Waals surface area contributed by atoms with Gasteiger partial charge in [0.05, 0.1) is 39.0 Å². The molecule has 0 aliphatic carbocycles. The minimum atomic E-state index is -1.41. The first kappa shape index (κ1) is 32.3.